The van der Waals surface area contributed by atoms with Gasteiger partial charge < -0.3 is 20.4 Å². The molecule has 11 nitrogen and oxygen atoms in total. The Morgan fingerprint density at radius 2 is 2.00 bits per heavy atom. The minimum atomic E-state index is -0.530. The molecule has 2 aromatic heterocycles. The zero-order valence-corrected chi connectivity index (χ0v) is 16.2. The van der Waals surface area contributed by atoms with Crippen molar-refractivity contribution in [1.82, 2.24) is 35.1 Å². The third-order valence-electron chi connectivity index (χ3n) is 5.32. The molecule has 3 N–H and O–H groups in total. The van der Waals surface area contributed by atoms with Crippen LogP contribution in [0, 0.1) is 0 Å². The van der Waals surface area contributed by atoms with Crippen molar-refractivity contribution < 1.29 is 9.59 Å². The van der Waals surface area contributed by atoms with E-state index in [0.717, 1.165) is 45.4 Å². The molecule has 0 unspecified atom stereocenters. The van der Waals surface area contributed by atoms with Crippen molar-refractivity contribution in [1.29, 1.82) is 0 Å². The number of carbonyl (C=O) groups is 2. The van der Waals surface area contributed by atoms with Crippen molar-refractivity contribution >= 4 is 35.6 Å². The number of imide groups is 1. The highest BCUT2D eigenvalue weighted by atomic mass is 16.2. The Balaban J connectivity index is 1.56. The van der Waals surface area contributed by atoms with E-state index in [2.05, 4.69) is 37.9 Å². The lowest BCUT2D eigenvalue weighted by atomic mass is 10.2. The number of fused-ring (bicyclic) bond motifs is 1. The summed E-state index contributed by atoms with van der Waals surface area (Å²) in [4.78, 5) is 37.3. The van der Waals surface area contributed by atoms with Gasteiger partial charge in [0.05, 0.1) is 6.20 Å². The molecule has 3 amide bonds. The molecule has 1 saturated carbocycles. The Bertz CT molecular complexity index is 1010. The third kappa shape index (κ3) is 3.60. The highest BCUT2D eigenvalue weighted by Gasteiger charge is 2.27. The van der Waals surface area contributed by atoms with Gasteiger partial charge in [0, 0.05) is 31.2 Å². The van der Waals surface area contributed by atoms with Crippen molar-refractivity contribution in [3.05, 3.63) is 17.5 Å². The van der Waals surface area contributed by atoms with Crippen LogP contribution in [0.4, 0.5) is 16.7 Å². The van der Waals surface area contributed by atoms with E-state index in [4.69, 9.17) is 9.97 Å². The van der Waals surface area contributed by atoms with E-state index in [9.17, 15) is 9.59 Å². The van der Waals surface area contributed by atoms with Gasteiger partial charge in [0.25, 0.3) is 5.91 Å². The van der Waals surface area contributed by atoms with E-state index in [1.807, 2.05) is 0 Å². The predicted molar refractivity (Wildman–Crippen MR) is 106 cm³/mol. The summed E-state index contributed by atoms with van der Waals surface area (Å²) in [5.41, 5.74) is 1.42. The molecule has 11 heteroatoms. The Morgan fingerprint density at radius 1 is 1.14 bits per heavy atom. The van der Waals surface area contributed by atoms with Crippen LogP contribution in [0.3, 0.4) is 0 Å². The van der Waals surface area contributed by atoms with Gasteiger partial charge in [-0.2, -0.15) is 19.6 Å². The Kier molecular flexibility index (Phi) is 4.31. The van der Waals surface area contributed by atoms with Crippen molar-refractivity contribution in [2.45, 2.75) is 25.3 Å². The lowest BCUT2D eigenvalue weighted by molar-refractivity contribution is -0.115. The molecule has 29 heavy (non-hydrogen) atoms. The van der Waals surface area contributed by atoms with E-state index in [0.29, 0.717) is 29.1 Å². The summed E-state index contributed by atoms with van der Waals surface area (Å²) in [7, 11) is 2.12. The largest absolute Gasteiger partial charge is 0.351 e. The van der Waals surface area contributed by atoms with Crippen molar-refractivity contribution in [2.75, 3.05) is 43.4 Å². The molecule has 5 rings (SSSR count). The minimum absolute atomic E-state index is 0.179. The van der Waals surface area contributed by atoms with Gasteiger partial charge in [-0.15, -0.1) is 0 Å². The second-order valence-electron chi connectivity index (χ2n) is 7.71. The molecular weight excluding hydrogens is 374 g/mol. The minimum Gasteiger partial charge on any atom is -0.351 e. The molecule has 4 heterocycles. The zero-order chi connectivity index (χ0) is 20.0. The zero-order valence-electron chi connectivity index (χ0n) is 16.2. The maximum absolute atomic E-state index is 11.9. The number of carbonyl (C=O) groups excluding carboxylic acids is 2. The van der Waals surface area contributed by atoms with Crippen LogP contribution in [0.2, 0.25) is 0 Å². The number of urea groups is 1. The number of aromatic nitrogens is 4. The van der Waals surface area contributed by atoms with Crippen molar-refractivity contribution in [3.63, 3.8) is 0 Å². The van der Waals surface area contributed by atoms with Gasteiger partial charge >= 0.3 is 6.03 Å². The second-order valence-corrected chi connectivity index (χ2v) is 7.71. The van der Waals surface area contributed by atoms with Crippen LogP contribution >= 0.6 is 0 Å². The van der Waals surface area contributed by atoms with E-state index < -0.39 is 11.9 Å². The van der Waals surface area contributed by atoms with Gasteiger partial charge in [-0.25, -0.2) is 4.79 Å². The van der Waals surface area contributed by atoms with E-state index >= 15 is 0 Å². The van der Waals surface area contributed by atoms with Crippen LogP contribution in [0.1, 0.15) is 24.8 Å². The SMILES string of the molecule is CN1CCCN(c2nc(NC3CC3)n3ncc(/C=C4\NC(=O)NC4=O)c3n2)CC1. The quantitative estimate of drug-likeness (QED) is 0.488. The van der Waals surface area contributed by atoms with Crippen LogP contribution in [0.5, 0.6) is 0 Å². The first kappa shape index (κ1) is 17.9. The summed E-state index contributed by atoms with van der Waals surface area (Å²) in [6.45, 7) is 3.72. The van der Waals surface area contributed by atoms with Crippen LogP contribution in [-0.4, -0.2) is 75.7 Å². The third-order valence-corrected chi connectivity index (χ3v) is 5.32. The molecule has 2 saturated heterocycles. The van der Waals surface area contributed by atoms with Gasteiger partial charge in [-0.1, -0.05) is 0 Å². The van der Waals surface area contributed by atoms with Gasteiger partial charge in [-0.3, -0.25) is 10.1 Å². The Morgan fingerprint density at radius 3 is 2.76 bits per heavy atom. The average Bonchev–Trinajstić information content (AvgIpc) is 3.38. The van der Waals surface area contributed by atoms with Crippen molar-refractivity contribution in [3.8, 4) is 0 Å². The number of hydrogen-bond donors (Lipinski definition) is 3. The van der Waals surface area contributed by atoms with Gasteiger partial charge in [0.1, 0.15) is 5.70 Å². The summed E-state index contributed by atoms with van der Waals surface area (Å²) >= 11 is 0. The maximum Gasteiger partial charge on any atom is 0.326 e. The first-order chi connectivity index (χ1) is 14.1. The van der Waals surface area contributed by atoms with Gasteiger partial charge in [0.15, 0.2) is 5.65 Å². The molecule has 0 aromatic carbocycles. The molecule has 1 aliphatic carbocycles. The highest BCUT2D eigenvalue weighted by Crippen LogP contribution is 2.26. The molecule has 0 radical (unpaired) electrons. The lowest BCUT2D eigenvalue weighted by Gasteiger charge is -2.21. The number of amides is 3. The fourth-order valence-corrected chi connectivity index (χ4v) is 3.51. The lowest BCUT2D eigenvalue weighted by Crippen LogP contribution is -2.30. The number of anilines is 2. The Labute approximate surface area is 167 Å². The molecule has 0 atom stereocenters. The fraction of sp³-hybridized carbons (Fsp3) is 0.500. The molecule has 0 bridgehead atoms. The number of nitrogens with zero attached hydrogens (tertiary/aromatic N) is 6. The smallest absolute Gasteiger partial charge is 0.326 e. The van der Waals surface area contributed by atoms with Gasteiger partial charge in [0.2, 0.25) is 11.9 Å². The fourth-order valence-electron chi connectivity index (χ4n) is 3.51. The highest BCUT2D eigenvalue weighted by molar-refractivity contribution is 6.14. The summed E-state index contributed by atoms with van der Waals surface area (Å²) in [5.74, 6) is 0.834. The number of likely N-dealkylation sites (N-methyl/N-ethyl adjacent to an activating group) is 1. The average molecular weight is 397 g/mol. The number of rotatable bonds is 4. The number of nitrogens with one attached hydrogen (secondary N) is 3. The summed E-state index contributed by atoms with van der Waals surface area (Å²) in [6, 6.07) is -0.125. The standard InChI is InChI=1S/C18H23N9O2/c1-25-5-2-6-26(8-7-25)16-22-14-11(9-13-15(28)23-18(29)21-13)10-19-27(14)17(24-16)20-12-3-4-12/h9-10,12H,2-8H2,1H3,(H,20,22,24)(H2,21,23,28,29)/b13-9-. The molecule has 2 aromatic rings. The van der Waals surface area contributed by atoms with Crippen LogP contribution in [0.15, 0.2) is 11.9 Å². The first-order valence-corrected chi connectivity index (χ1v) is 9.87. The Hall–Kier alpha value is -3.21. The second kappa shape index (κ2) is 6.99. The number of hydrogen-bond acceptors (Lipinski definition) is 8. The summed E-state index contributed by atoms with van der Waals surface area (Å²) in [6.07, 6.45) is 6.49. The molecule has 2 aliphatic heterocycles. The monoisotopic (exact) mass is 397 g/mol. The van der Waals surface area contributed by atoms with Crippen molar-refractivity contribution in [2.24, 2.45) is 0 Å². The summed E-state index contributed by atoms with van der Waals surface area (Å²) in [5, 5.41) is 12.6. The normalized spacial score (nSPS) is 22.1. The molecule has 3 fully saturated rings. The van der Waals surface area contributed by atoms with E-state index in [1.165, 1.54) is 0 Å². The van der Waals surface area contributed by atoms with Crippen LogP contribution in [-0.2, 0) is 4.79 Å². The molecular formula is C18H23N9O2. The van der Waals surface area contributed by atoms with Crippen LogP contribution in [0.25, 0.3) is 11.7 Å². The topological polar surface area (TPSA) is 120 Å². The molecule has 0 spiro atoms. The van der Waals surface area contributed by atoms with E-state index in [-0.39, 0.29) is 5.70 Å². The van der Waals surface area contributed by atoms with Gasteiger partial charge in [-0.05, 0) is 38.9 Å². The maximum atomic E-state index is 11.9. The molecule has 152 valence electrons. The molecule has 3 aliphatic rings. The van der Waals surface area contributed by atoms with Crippen LogP contribution < -0.4 is 20.9 Å². The summed E-state index contributed by atoms with van der Waals surface area (Å²) < 4.78 is 1.66. The predicted octanol–water partition coefficient (Wildman–Crippen LogP) is 0.0208. The van der Waals surface area contributed by atoms with E-state index in [1.54, 1.807) is 16.8 Å². The first-order valence-electron chi connectivity index (χ1n) is 9.87.